The lowest BCUT2D eigenvalue weighted by Crippen LogP contribution is -2.38. The third kappa shape index (κ3) is 4.04. The van der Waals surface area contributed by atoms with Gasteiger partial charge in [0.05, 0.1) is 0 Å². The van der Waals surface area contributed by atoms with Gasteiger partial charge < -0.3 is 10.4 Å². The number of phenols is 1. The van der Waals surface area contributed by atoms with Gasteiger partial charge in [0.25, 0.3) is 0 Å². The Bertz CT molecular complexity index is 360. The second-order valence-electron chi connectivity index (χ2n) is 5.57. The summed E-state index contributed by atoms with van der Waals surface area (Å²) in [6.45, 7) is 11.4. The zero-order valence-electron chi connectivity index (χ0n) is 11.7. The highest BCUT2D eigenvalue weighted by atomic mass is 16.3. The van der Waals surface area contributed by atoms with Gasteiger partial charge in [-0.3, -0.25) is 0 Å². The van der Waals surface area contributed by atoms with Crippen molar-refractivity contribution in [3.63, 3.8) is 0 Å². The van der Waals surface area contributed by atoms with E-state index in [4.69, 9.17) is 0 Å². The number of aryl methyl sites for hydroxylation is 2. The Kier molecular flexibility index (Phi) is 4.58. The highest BCUT2D eigenvalue weighted by Crippen LogP contribution is 2.23. The summed E-state index contributed by atoms with van der Waals surface area (Å²) in [6, 6.07) is 4.11. The van der Waals surface area contributed by atoms with Crippen LogP contribution in [0.2, 0.25) is 0 Å². The normalized spacial score (nSPS) is 11.8. The number of phenolic OH excluding ortho intramolecular Hbond substituents is 1. The molecule has 0 aliphatic carbocycles. The third-order valence-electron chi connectivity index (χ3n) is 3.20. The molecular formula is C15H25NO. The van der Waals surface area contributed by atoms with Gasteiger partial charge in [0, 0.05) is 12.1 Å². The summed E-state index contributed by atoms with van der Waals surface area (Å²) >= 11 is 0. The van der Waals surface area contributed by atoms with Crippen LogP contribution in [0, 0.1) is 13.8 Å². The lowest BCUT2D eigenvalue weighted by atomic mass is 9.98. The first kappa shape index (κ1) is 14.0. The molecule has 2 N–H and O–H groups in total. The summed E-state index contributed by atoms with van der Waals surface area (Å²) in [6.07, 6.45) is 2.36. The Labute approximate surface area is 105 Å². The molecule has 0 bridgehead atoms. The fourth-order valence-electron chi connectivity index (χ4n) is 2.20. The topological polar surface area (TPSA) is 32.3 Å². The molecule has 2 nitrogen and oxygen atoms in total. The van der Waals surface area contributed by atoms with Crippen LogP contribution >= 0.6 is 0 Å². The predicted octanol–water partition coefficient (Wildman–Crippen LogP) is 3.68. The number of rotatable bonds is 5. The smallest absolute Gasteiger partial charge is 0.121 e. The fraction of sp³-hybridized carbons (Fsp3) is 0.600. The fourth-order valence-corrected chi connectivity index (χ4v) is 2.20. The van der Waals surface area contributed by atoms with Crippen LogP contribution < -0.4 is 5.32 Å². The first-order chi connectivity index (χ1) is 7.85. The molecule has 2 heteroatoms. The molecule has 0 saturated carbocycles. The van der Waals surface area contributed by atoms with Gasteiger partial charge >= 0.3 is 0 Å². The maximum atomic E-state index is 9.72. The molecule has 1 aromatic rings. The number of hydrogen-bond acceptors (Lipinski definition) is 2. The second-order valence-corrected chi connectivity index (χ2v) is 5.57. The standard InChI is InChI=1S/C15H25NO/c1-6-7-15(4,5)16-10-13-8-11(2)14(17)12(3)9-13/h8-9,16-17H,6-7,10H2,1-5H3. The van der Waals surface area contributed by atoms with Crippen LogP contribution in [0.5, 0.6) is 5.75 Å². The Hall–Kier alpha value is -1.02. The molecule has 0 heterocycles. The molecule has 0 atom stereocenters. The third-order valence-corrected chi connectivity index (χ3v) is 3.20. The minimum absolute atomic E-state index is 0.175. The van der Waals surface area contributed by atoms with E-state index in [0.29, 0.717) is 5.75 Å². The molecule has 1 rings (SSSR count). The van der Waals surface area contributed by atoms with Crippen molar-refractivity contribution in [2.45, 2.75) is 59.5 Å². The molecule has 0 aromatic heterocycles. The molecule has 17 heavy (non-hydrogen) atoms. The van der Waals surface area contributed by atoms with E-state index in [9.17, 15) is 5.11 Å². The van der Waals surface area contributed by atoms with Crippen LogP contribution in [-0.2, 0) is 6.54 Å². The van der Waals surface area contributed by atoms with Gasteiger partial charge in [0.15, 0.2) is 0 Å². The Morgan fingerprint density at radius 2 is 1.71 bits per heavy atom. The maximum Gasteiger partial charge on any atom is 0.121 e. The summed E-state index contributed by atoms with van der Waals surface area (Å²) in [4.78, 5) is 0. The number of benzene rings is 1. The summed E-state index contributed by atoms with van der Waals surface area (Å²) in [5, 5.41) is 13.3. The van der Waals surface area contributed by atoms with Crippen molar-refractivity contribution < 1.29 is 5.11 Å². The average Bonchev–Trinajstić information content (AvgIpc) is 2.23. The van der Waals surface area contributed by atoms with E-state index in [0.717, 1.165) is 17.7 Å². The van der Waals surface area contributed by atoms with Crippen molar-refractivity contribution in [1.82, 2.24) is 5.32 Å². The van der Waals surface area contributed by atoms with Gasteiger partial charge in [-0.15, -0.1) is 0 Å². The van der Waals surface area contributed by atoms with Crippen LogP contribution in [0.15, 0.2) is 12.1 Å². The Morgan fingerprint density at radius 1 is 1.18 bits per heavy atom. The molecule has 0 radical (unpaired) electrons. The first-order valence-corrected chi connectivity index (χ1v) is 6.40. The van der Waals surface area contributed by atoms with E-state index in [1.807, 2.05) is 13.8 Å². The zero-order valence-corrected chi connectivity index (χ0v) is 11.7. The SMILES string of the molecule is CCCC(C)(C)NCc1cc(C)c(O)c(C)c1. The van der Waals surface area contributed by atoms with Crippen LogP contribution in [0.1, 0.15) is 50.3 Å². The molecule has 0 amide bonds. The number of nitrogens with one attached hydrogen (secondary N) is 1. The minimum atomic E-state index is 0.175. The van der Waals surface area contributed by atoms with Crippen molar-refractivity contribution in [3.05, 3.63) is 28.8 Å². The molecule has 0 fully saturated rings. The predicted molar refractivity (Wildman–Crippen MR) is 73.4 cm³/mol. The molecule has 0 saturated heterocycles. The quantitative estimate of drug-likeness (QED) is 0.816. The summed E-state index contributed by atoms with van der Waals surface area (Å²) in [7, 11) is 0. The largest absolute Gasteiger partial charge is 0.507 e. The van der Waals surface area contributed by atoms with Gasteiger partial charge in [0.2, 0.25) is 0 Å². The molecule has 1 aromatic carbocycles. The molecular weight excluding hydrogens is 210 g/mol. The van der Waals surface area contributed by atoms with Gasteiger partial charge in [0.1, 0.15) is 5.75 Å². The first-order valence-electron chi connectivity index (χ1n) is 6.40. The van der Waals surface area contributed by atoms with Crippen LogP contribution in [-0.4, -0.2) is 10.6 Å². The van der Waals surface area contributed by atoms with Crippen molar-refractivity contribution in [3.8, 4) is 5.75 Å². The van der Waals surface area contributed by atoms with E-state index in [2.05, 4.69) is 38.2 Å². The molecule has 96 valence electrons. The lowest BCUT2D eigenvalue weighted by molar-refractivity contribution is 0.356. The highest BCUT2D eigenvalue weighted by molar-refractivity contribution is 5.42. The lowest BCUT2D eigenvalue weighted by Gasteiger charge is -2.26. The van der Waals surface area contributed by atoms with E-state index < -0.39 is 0 Å². The van der Waals surface area contributed by atoms with E-state index in [1.54, 1.807) is 0 Å². The second kappa shape index (κ2) is 5.54. The van der Waals surface area contributed by atoms with Gasteiger partial charge in [-0.2, -0.15) is 0 Å². The van der Waals surface area contributed by atoms with Gasteiger partial charge in [-0.25, -0.2) is 0 Å². The van der Waals surface area contributed by atoms with Crippen LogP contribution in [0.4, 0.5) is 0 Å². The van der Waals surface area contributed by atoms with Gasteiger partial charge in [-0.1, -0.05) is 25.5 Å². The molecule has 0 spiro atoms. The van der Waals surface area contributed by atoms with E-state index in [-0.39, 0.29) is 5.54 Å². The number of hydrogen-bond donors (Lipinski definition) is 2. The monoisotopic (exact) mass is 235 g/mol. The van der Waals surface area contributed by atoms with E-state index >= 15 is 0 Å². The Morgan fingerprint density at radius 3 is 2.18 bits per heavy atom. The molecule has 0 unspecified atom stereocenters. The average molecular weight is 235 g/mol. The minimum Gasteiger partial charge on any atom is -0.507 e. The van der Waals surface area contributed by atoms with Crippen LogP contribution in [0.25, 0.3) is 0 Å². The van der Waals surface area contributed by atoms with Gasteiger partial charge in [-0.05, 0) is 50.8 Å². The van der Waals surface area contributed by atoms with Crippen molar-refractivity contribution >= 4 is 0 Å². The summed E-state index contributed by atoms with van der Waals surface area (Å²) in [5.41, 5.74) is 3.32. The zero-order chi connectivity index (χ0) is 13.1. The summed E-state index contributed by atoms with van der Waals surface area (Å²) in [5.74, 6) is 0.418. The van der Waals surface area contributed by atoms with Crippen molar-refractivity contribution in [2.24, 2.45) is 0 Å². The van der Waals surface area contributed by atoms with Crippen LogP contribution in [0.3, 0.4) is 0 Å². The van der Waals surface area contributed by atoms with Crippen molar-refractivity contribution in [1.29, 1.82) is 0 Å². The molecule has 0 aliphatic rings. The molecule has 0 aliphatic heterocycles. The Balaban J connectivity index is 2.70. The summed E-state index contributed by atoms with van der Waals surface area (Å²) < 4.78 is 0. The highest BCUT2D eigenvalue weighted by Gasteiger charge is 2.15. The number of aromatic hydroxyl groups is 1. The maximum absolute atomic E-state index is 9.72. The van der Waals surface area contributed by atoms with E-state index in [1.165, 1.54) is 18.4 Å². The van der Waals surface area contributed by atoms with Crippen molar-refractivity contribution in [2.75, 3.05) is 0 Å².